The third kappa shape index (κ3) is 5.31. The number of halogens is 2. The number of rotatable bonds is 7. The first-order valence-corrected chi connectivity index (χ1v) is 15.6. The van der Waals surface area contributed by atoms with Gasteiger partial charge in [-0.1, -0.05) is 12.0 Å². The molecule has 1 aliphatic carbocycles. The predicted molar refractivity (Wildman–Crippen MR) is 166 cm³/mol. The van der Waals surface area contributed by atoms with Crippen LogP contribution in [0.1, 0.15) is 31.2 Å². The van der Waals surface area contributed by atoms with Crippen LogP contribution in [0.25, 0.3) is 33.1 Å². The van der Waals surface area contributed by atoms with Gasteiger partial charge in [0.1, 0.15) is 23.2 Å². The average molecular weight is 613 g/mol. The second kappa shape index (κ2) is 11.1. The number of benzene rings is 2. The van der Waals surface area contributed by atoms with Crippen LogP contribution >= 0.6 is 0 Å². The number of aromatic hydroxyl groups is 1. The Kier molecular flexibility index (Phi) is 6.97. The molecule has 2 aromatic carbocycles. The molecule has 9 nitrogen and oxygen atoms in total. The Hall–Kier alpha value is -4.11. The molecule has 2 aromatic heterocycles. The minimum absolute atomic E-state index is 0.0171. The van der Waals surface area contributed by atoms with Crippen molar-refractivity contribution in [1.82, 2.24) is 25.2 Å². The number of aromatic nitrogens is 3. The minimum atomic E-state index is -0.585. The number of morpholine rings is 1. The molecule has 2 unspecified atom stereocenters. The Labute approximate surface area is 259 Å². The van der Waals surface area contributed by atoms with Gasteiger partial charge in [-0.25, -0.2) is 13.8 Å². The molecule has 2 atom stereocenters. The van der Waals surface area contributed by atoms with Gasteiger partial charge in [-0.3, -0.25) is 4.90 Å². The van der Waals surface area contributed by atoms with Crippen molar-refractivity contribution in [2.75, 3.05) is 57.4 Å². The number of anilines is 1. The SMILES string of the molecule is C#Cc1c(F)ccc2cc(O)cc(-c3cc(F)c4c(N5CC6CCC(C5)N6)nc(OCC5(CN6CCOCC6)CC5)nc4n3)c12. The van der Waals surface area contributed by atoms with Gasteiger partial charge in [0.05, 0.1) is 36.5 Å². The van der Waals surface area contributed by atoms with Crippen molar-refractivity contribution in [3.8, 4) is 35.4 Å². The lowest BCUT2D eigenvalue weighted by molar-refractivity contribution is 0.0231. The molecule has 232 valence electrons. The third-order valence-electron chi connectivity index (χ3n) is 9.69. The molecule has 11 heteroatoms. The maximum absolute atomic E-state index is 16.3. The zero-order valence-electron chi connectivity index (χ0n) is 24.9. The first kappa shape index (κ1) is 28.4. The molecule has 5 heterocycles. The van der Waals surface area contributed by atoms with Crippen LogP contribution in [0.3, 0.4) is 0 Å². The number of hydrogen-bond acceptors (Lipinski definition) is 9. The second-order valence-corrected chi connectivity index (χ2v) is 12.9. The summed E-state index contributed by atoms with van der Waals surface area (Å²) in [6.45, 7) is 6.04. The predicted octanol–water partition coefficient (Wildman–Crippen LogP) is 4.24. The summed E-state index contributed by atoms with van der Waals surface area (Å²) >= 11 is 0. The molecule has 4 aliphatic rings. The van der Waals surface area contributed by atoms with E-state index in [0.717, 1.165) is 58.5 Å². The molecule has 4 aromatic rings. The van der Waals surface area contributed by atoms with E-state index in [-0.39, 0.29) is 39.5 Å². The van der Waals surface area contributed by atoms with Gasteiger partial charge in [0.25, 0.3) is 0 Å². The van der Waals surface area contributed by atoms with Crippen molar-refractivity contribution in [2.45, 2.75) is 37.8 Å². The fourth-order valence-corrected chi connectivity index (χ4v) is 7.20. The molecule has 3 saturated heterocycles. The number of pyridine rings is 1. The fourth-order valence-electron chi connectivity index (χ4n) is 7.20. The molecule has 0 radical (unpaired) electrons. The summed E-state index contributed by atoms with van der Waals surface area (Å²) in [5.41, 5.74) is 0.654. The highest BCUT2D eigenvalue weighted by atomic mass is 19.1. The second-order valence-electron chi connectivity index (χ2n) is 12.9. The van der Waals surface area contributed by atoms with Gasteiger partial charge >= 0.3 is 6.01 Å². The summed E-state index contributed by atoms with van der Waals surface area (Å²) in [5.74, 6) is 1.64. The van der Waals surface area contributed by atoms with E-state index in [1.54, 1.807) is 0 Å². The van der Waals surface area contributed by atoms with Crippen molar-refractivity contribution < 1.29 is 23.4 Å². The Bertz CT molecular complexity index is 1840. The number of phenols is 1. The Morgan fingerprint density at radius 2 is 1.80 bits per heavy atom. The highest BCUT2D eigenvalue weighted by Gasteiger charge is 2.45. The average Bonchev–Trinajstić information content (AvgIpc) is 3.73. The maximum atomic E-state index is 16.3. The number of piperazine rings is 1. The van der Waals surface area contributed by atoms with E-state index in [2.05, 4.69) is 26.0 Å². The van der Waals surface area contributed by atoms with Crippen LogP contribution in [0, 0.1) is 29.4 Å². The topological polar surface area (TPSA) is 95.9 Å². The number of phenolic OH excluding ortho intramolecular Hbond substituents is 1. The molecule has 3 aliphatic heterocycles. The minimum Gasteiger partial charge on any atom is -0.508 e. The summed E-state index contributed by atoms with van der Waals surface area (Å²) < 4.78 is 42.9. The number of hydrogen-bond donors (Lipinski definition) is 2. The molecular formula is C34H34F2N6O3. The van der Waals surface area contributed by atoms with Gasteiger partial charge in [0, 0.05) is 67.2 Å². The van der Waals surface area contributed by atoms with Crippen LogP contribution in [0.4, 0.5) is 14.6 Å². The van der Waals surface area contributed by atoms with Crippen LogP contribution in [-0.4, -0.2) is 89.6 Å². The number of terminal acetylenes is 1. The zero-order chi connectivity index (χ0) is 30.7. The smallest absolute Gasteiger partial charge is 0.320 e. The van der Waals surface area contributed by atoms with Crippen molar-refractivity contribution >= 4 is 27.6 Å². The van der Waals surface area contributed by atoms with Crippen molar-refractivity contribution in [3.05, 3.63) is 47.5 Å². The van der Waals surface area contributed by atoms with E-state index in [1.165, 1.54) is 30.3 Å². The van der Waals surface area contributed by atoms with Crippen molar-refractivity contribution in [2.24, 2.45) is 5.41 Å². The molecule has 45 heavy (non-hydrogen) atoms. The highest BCUT2D eigenvalue weighted by Crippen LogP contribution is 2.47. The van der Waals surface area contributed by atoms with Crippen LogP contribution in [0.5, 0.6) is 11.8 Å². The third-order valence-corrected chi connectivity index (χ3v) is 9.69. The van der Waals surface area contributed by atoms with E-state index in [4.69, 9.17) is 25.9 Å². The van der Waals surface area contributed by atoms with E-state index >= 15 is 4.39 Å². The molecule has 0 amide bonds. The lowest BCUT2D eigenvalue weighted by Gasteiger charge is -2.34. The van der Waals surface area contributed by atoms with Crippen LogP contribution in [0.2, 0.25) is 0 Å². The normalized spacial score (nSPS) is 22.6. The number of nitrogens with one attached hydrogen (secondary N) is 1. The highest BCUT2D eigenvalue weighted by molar-refractivity contribution is 6.02. The summed E-state index contributed by atoms with van der Waals surface area (Å²) in [6, 6.07) is 7.73. The van der Waals surface area contributed by atoms with Gasteiger partial charge in [-0.15, -0.1) is 6.42 Å². The molecule has 2 N–H and O–H groups in total. The molecule has 8 rings (SSSR count). The van der Waals surface area contributed by atoms with Crippen molar-refractivity contribution in [1.29, 1.82) is 0 Å². The Morgan fingerprint density at radius 3 is 2.53 bits per heavy atom. The monoisotopic (exact) mass is 612 g/mol. The zero-order valence-corrected chi connectivity index (χ0v) is 24.9. The van der Waals surface area contributed by atoms with Gasteiger partial charge in [0.2, 0.25) is 0 Å². The molecule has 2 bridgehead atoms. The van der Waals surface area contributed by atoms with Crippen molar-refractivity contribution in [3.63, 3.8) is 0 Å². The van der Waals surface area contributed by atoms with Gasteiger partial charge in [-0.05, 0) is 49.3 Å². The number of ether oxygens (including phenoxy) is 2. The molecular weight excluding hydrogens is 578 g/mol. The quantitative estimate of drug-likeness (QED) is 0.297. The maximum Gasteiger partial charge on any atom is 0.320 e. The molecule has 1 saturated carbocycles. The number of fused-ring (bicyclic) bond motifs is 4. The van der Waals surface area contributed by atoms with E-state index < -0.39 is 11.6 Å². The summed E-state index contributed by atoms with van der Waals surface area (Å²) in [4.78, 5) is 18.7. The number of nitrogens with zero attached hydrogens (tertiary/aromatic N) is 5. The lowest BCUT2D eigenvalue weighted by atomic mass is 9.96. The van der Waals surface area contributed by atoms with Crippen LogP contribution < -0.4 is 15.0 Å². The largest absolute Gasteiger partial charge is 0.508 e. The van der Waals surface area contributed by atoms with Crippen LogP contribution in [0.15, 0.2) is 30.3 Å². The first-order chi connectivity index (χ1) is 21.9. The van der Waals surface area contributed by atoms with E-state index in [9.17, 15) is 9.50 Å². The summed E-state index contributed by atoms with van der Waals surface area (Å²) in [6.07, 6.45) is 9.93. The fraction of sp³-hybridized carbons (Fsp3) is 0.441. The standard InChI is InChI=1S/C34H34F2N6O3/c1-2-24-26(35)6-3-20-13-23(43)14-25(29(20)24)28-15-27(36)30-31(38-28)39-33(40-32(30)42-16-21-4-5-22(17-42)37-21)45-19-34(7-8-34)18-41-9-11-44-12-10-41/h1,3,6,13-15,21-22,37,43H,4-5,7-12,16-19H2. The summed E-state index contributed by atoms with van der Waals surface area (Å²) in [5, 5.41) is 15.2. The van der Waals surface area contributed by atoms with E-state index in [1.807, 2.05) is 0 Å². The Balaban J connectivity index is 1.22. The summed E-state index contributed by atoms with van der Waals surface area (Å²) in [7, 11) is 0. The molecule has 4 fully saturated rings. The van der Waals surface area contributed by atoms with E-state index in [0.29, 0.717) is 53.9 Å². The lowest BCUT2D eigenvalue weighted by Crippen LogP contribution is -2.51. The van der Waals surface area contributed by atoms with Gasteiger partial charge in [0.15, 0.2) is 5.65 Å². The van der Waals surface area contributed by atoms with Gasteiger partial charge in [-0.2, -0.15) is 9.97 Å². The van der Waals surface area contributed by atoms with Crippen LogP contribution in [-0.2, 0) is 4.74 Å². The first-order valence-electron chi connectivity index (χ1n) is 15.6. The Morgan fingerprint density at radius 1 is 1.02 bits per heavy atom. The van der Waals surface area contributed by atoms with Gasteiger partial charge < -0.3 is 24.8 Å². The molecule has 0 spiro atoms.